The minimum absolute atomic E-state index is 0. The first kappa shape index (κ1) is 22.6. The van der Waals surface area contributed by atoms with Crippen molar-refractivity contribution >= 4 is 12.4 Å². The van der Waals surface area contributed by atoms with Crippen molar-refractivity contribution in [2.45, 2.75) is 18.4 Å². The van der Waals surface area contributed by atoms with Gasteiger partial charge in [-0.3, -0.25) is 4.90 Å². The first-order chi connectivity index (χ1) is 11.6. The highest BCUT2D eigenvalue weighted by Gasteiger charge is 2.42. The summed E-state index contributed by atoms with van der Waals surface area (Å²) in [6, 6.07) is -0.171. The van der Waals surface area contributed by atoms with Crippen LogP contribution in [-0.4, -0.2) is 38.2 Å². The lowest BCUT2D eigenvalue weighted by Crippen LogP contribution is -2.45. The van der Waals surface area contributed by atoms with E-state index in [0.717, 1.165) is 7.11 Å². The first-order valence-corrected chi connectivity index (χ1v) is 7.53. The standard InChI is InChI=1S/C16H18F6N2O.ClH/c1-3-12(24-6-4-23-5-7-24)14-11(16(20,21)22)8-10(15(17,18)19)9-13(14)25-2;/h3,8-9,12,23H,1,4-7H2,2H3;1H/t12-;/m1./s1. The highest BCUT2D eigenvalue weighted by atomic mass is 35.5. The molecule has 0 radical (unpaired) electrons. The second-order valence-electron chi connectivity index (χ2n) is 5.60. The van der Waals surface area contributed by atoms with Crippen molar-refractivity contribution < 1.29 is 31.1 Å². The molecule has 1 aliphatic heterocycles. The SMILES string of the molecule is C=C[C@H](c1c(OC)cc(C(F)(F)F)cc1C(F)(F)F)N1CCNCC1.Cl. The monoisotopic (exact) mass is 404 g/mol. The Kier molecular flexibility index (Phi) is 7.38. The summed E-state index contributed by atoms with van der Waals surface area (Å²) in [4.78, 5) is 1.73. The molecule has 1 N–H and O–H groups in total. The van der Waals surface area contributed by atoms with Crippen LogP contribution in [0, 0.1) is 0 Å². The molecule has 1 aliphatic rings. The number of piperazine rings is 1. The van der Waals surface area contributed by atoms with Gasteiger partial charge in [-0.15, -0.1) is 19.0 Å². The van der Waals surface area contributed by atoms with Crippen molar-refractivity contribution in [2.75, 3.05) is 33.3 Å². The Morgan fingerprint density at radius 3 is 2.12 bits per heavy atom. The predicted molar refractivity (Wildman–Crippen MR) is 87.6 cm³/mol. The van der Waals surface area contributed by atoms with E-state index >= 15 is 0 Å². The molecule has 0 aliphatic carbocycles. The maximum absolute atomic E-state index is 13.5. The quantitative estimate of drug-likeness (QED) is 0.598. The molecule has 1 atom stereocenters. The third-order valence-electron chi connectivity index (χ3n) is 4.06. The van der Waals surface area contributed by atoms with Crippen molar-refractivity contribution in [3.8, 4) is 5.75 Å². The molecule has 0 saturated carbocycles. The van der Waals surface area contributed by atoms with Crippen LogP contribution in [0.25, 0.3) is 0 Å². The number of ether oxygens (including phenoxy) is 1. The molecule has 1 heterocycles. The Hall–Kier alpha value is -1.45. The van der Waals surface area contributed by atoms with Crippen molar-refractivity contribution in [3.63, 3.8) is 0 Å². The summed E-state index contributed by atoms with van der Waals surface area (Å²) in [5.41, 5.74) is -3.11. The van der Waals surface area contributed by atoms with Gasteiger partial charge in [-0.2, -0.15) is 26.3 Å². The highest BCUT2D eigenvalue weighted by molar-refractivity contribution is 5.85. The van der Waals surface area contributed by atoms with Crippen molar-refractivity contribution in [3.05, 3.63) is 41.5 Å². The predicted octanol–water partition coefficient (Wildman–Crippen LogP) is 4.29. The van der Waals surface area contributed by atoms with Crippen molar-refractivity contribution in [1.82, 2.24) is 10.2 Å². The lowest BCUT2D eigenvalue weighted by molar-refractivity contribution is -0.144. The second-order valence-corrected chi connectivity index (χ2v) is 5.60. The van der Waals surface area contributed by atoms with E-state index in [4.69, 9.17) is 4.74 Å². The Balaban J connectivity index is 0.00000338. The van der Waals surface area contributed by atoms with E-state index in [1.807, 2.05) is 0 Å². The zero-order valence-electron chi connectivity index (χ0n) is 13.9. The third kappa shape index (κ3) is 4.83. The average molecular weight is 405 g/mol. The third-order valence-corrected chi connectivity index (χ3v) is 4.06. The minimum atomic E-state index is -4.96. The summed E-state index contributed by atoms with van der Waals surface area (Å²) in [5.74, 6) is -0.453. The highest BCUT2D eigenvalue weighted by Crippen LogP contribution is 2.45. The van der Waals surface area contributed by atoms with Gasteiger partial charge in [0.05, 0.1) is 24.3 Å². The van der Waals surface area contributed by atoms with Crippen LogP contribution in [0.1, 0.15) is 22.7 Å². The summed E-state index contributed by atoms with van der Waals surface area (Å²) in [5, 5.41) is 3.07. The number of nitrogens with zero attached hydrogens (tertiary/aromatic N) is 1. The topological polar surface area (TPSA) is 24.5 Å². The fraction of sp³-hybridized carbons (Fsp3) is 0.500. The van der Waals surface area contributed by atoms with E-state index in [-0.39, 0.29) is 24.0 Å². The molecule has 148 valence electrons. The zero-order chi connectivity index (χ0) is 18.8. The molecular formula is C16H19ClF6N2O. The fourth-order valence-electron chi connectivity index (χ4n) is 2.91. The molecule has 1 aromatic carbocycles. The van der Waals surface area contributed by atoms with Gasteiger partial charge >= 0.3 is 12.4 Å². The van der Waals surface area contributed by atoms with Crippen molar-refractivity contribution in [2.24, 2.45) is 0 Å². The van der Waals surface area contributed by atoms with Gasteiger partial charge in [-0.25, -0.2) is 0 Å². The lowest BCUT2D eigenvalue weighted by Gasteiger charge is -2.35. The normalized spacial score (nSPS) is 17.3. The summed E-state index contributed by atoms with van der Waals surface area (Å²) in [7, 11) is 1.05. The largest absolute Gasteiger partial charge is 0.496 e. The maximum Gasteiger partial charge on any atom is 0.416 e. The number of hydrogen-bond donors (Lipinski definition) is 1. The molecule has 1 aromatic rings. The first-order valence-electron chi connectivity index (χ1n) is 7.53. The van der Waals surface area contributed by atoms with Gasteiger partial charge in [0.2, 0.25) is 0 Å². The molecule has 1 saturated heterocycles. The number of rotatable bonds is 4. The number of alkyl halides is 6. The zero-order valence-corrected chi connectivity index (χ0v) is 14.7. The van der Waals surface area contributed by atoms with Crippen LogP contribution in [0.15, 0.2) is 24.8 Å². The van der Waals surface area contributed by atoms with Gasteiger partial charge in [0.25, 0.3) is 0 Å². The van der Waals surface area contributed by atoms with Gasteiger partial charge in [-0.1, -0.05) is 6.08 Å². The van der Waals surface area contributed by atoms with Crippen molar-refractivity contribution in [1.29, 1.82) is 0 Å². The minimum Gasteiger partial charge on any atom is -0.496 e. The van der Waals surface area contributed by atoms with Gasteiger partial charge in [0.15, 0.2) is 0 Å². The lowest BCUT2D eigenvalue weighted by atomic mass is 9.94. The summed E-state index contributed by atoms with van der Waals surface area (Å²) in [6.45, 7) is 5.59. The summed E-state index contributed by atoms with van der Waals surface area (Å²) >= 11 is 0. The van der Waals surface area contributed by atoms with E-state index in [0.29, 0.717) is 32.2 Å². The van der Waals surface area contributed by atoms with Gasteiger partial charge < -0.3 is 10.1 Å². The van der Waals surface area contributed by atoms with Gasteiger partial charge in [0, 0.05) is 31.7 Å². The number of nitrogens with one attached hydrogen (secondary N) is 1. The molecule has 3 nitrogen and oxygen atoms in total. The molecule has 0 unspecified atom stereocenters. The summed E-state index contributed by atoms with van der Waals surface area (Å²) in [6.07, 6.45) is -8.57. The van der Waals surface area contributed by atoms with Crippen LogP contribution >= 0.6 is 12.4 Å². The number of halogens is 7. The molecular weight excluding hydrogens is 386 g/mol. The van der Waals surface area contributed by atoms with Crippen LogP contribution in [0.3, 0.4) is 0 Å². The van der Waals surface area contributed by atoms with E-state index in [1.54, 1.807) is 4.90 Å². The molecule has 1 fully saturated rings. The second kappa shape index (κ2) is 8.49. The molecule has 2 rings (SSSR count). The van der Waals surface area contributed by atoms with Gasteiger partial charge in [-0.05, 0) is 12.1 Å². The average Bonchev–Trinajstić information content (AvgIpc) is 2.54. The maximum atomic E-state index is 13.5. The molecule has 0 aromatic heterocycles. The molecule has 0 bridgehead atoms. The Bertz CT molecular complexity index is 626. The van der Waals surface area contributed by atoms with Gasteiger partial charge in [0.1, 0.15) is 5.75 Å². The van der Waals surface area contributed by atoms with Crippen LogP contribution in [-0.2, 0) is 12.4 Å². The Morgan fingerprint density at radius 2 is 1.69 bits per heavy atom. The number of hydrogen-bond acceptors (Lipinski definition) is 3. The van der Waals surface area contributed by atoms with Crippen LogP contribution in [0.5, 0.6) is 5.75 Å². The number of methoxy groups -OCH3 is 1. The molecule has 26 heavy (non-hydrogen) atoms. The number of benzene rings is 1. The van der Waals surface area contributed by atoms with Crippen LogP contribution in [0.2, 0.25) is 0 Å². The fourth-order valence-corrected chi connectivity index (χ4v) is 2.91. The molecule has 10 heteroatoms. The smallest absolute Gasteiger partial charge is 0.416 e. The van der Waals surface area contributed by atoms with E-state index in [2.05, 4.69) is 11.9 Å². The van der Waals surface area contributed by atoms with Crippen LogP contribution in [0.4, 0.5) is 26.3 Å². The Labute approximate surface area is 153 Å². The Morgan fingerprint density at radius 1 is 1.12 bits per heavy atom. The van der Waals surface area contributed by atoms with E-state index < -0.39 is 35.3 Å². The van der Waals surface area contributed by atoms with E-state index in [1.165, 1.54) is 6.08 Å². The van der Waals surface area contributed by atoms with E-state index in [9.17, 15) is 26.3 Å². The van der Waals surface area contributed by atoms with Crippen LogP contribution < -0.4 is 10.1 Å². The summed E-state index contributed by atoms with van der Waals surface area (Å²) < 4.78 is 84.4. The molecule has 0 spiro atoms. The molecule has 0 amide bonds.